The van der Waals surface area contributed by atoms with E-state index < -0.39 is 0 Å². The van der Waals surface area contributed by atoms with Gasteiger partial charge in [-0.15, -0.1) is 0 Å². The molecule has 0 aliphatic heterocycles. The molecule has 2 aromatic rings. The smallest absolute Gasteiger partial charge is 0.0320 e. The van der Waals surface area contributed by atoms with Gasteiger partial charge in [0.1, 0.15) is 0 Å². The molecule has 0 amide bonds. The first-order valence-electron chi connectivity index (χ1n) is 8.02. The lowest BCUT2D eigenvalue weighted by Gasteiger charge is -2.19. The molecule has 0 saturated heterocycles. The van der Waals surface area contributed by atoms with E-state index in [1.165, 1.54) is 35.6 Å². The molecule has 0 spiro atoms. The highest BCUT2D eigenvalue weighted by Gasteiger charge is 2.11. The summed E-state index contributed by atoms with van der Waals surface area (Å²) >= 11 is 3.54. The van der Waals surface area contributed by atoms with Crippen molar-refractivity contribution in [3.63, 3.8) is 0 Å². The van der Waals surface area contributed by atoms with E-state index >= 15 is 0 Å². The minimum absolute atomic E-state index is 0.474. The third-order valence-electron chi connectivity index (χ3n) is 3.95. The van der Waals surface area contributed by atoms with Gasteiger partial charge in [0.25, 0.3) is 0 Å². The van der Waals surface area contributed by atoms with Crippen LogP contribution >= 0.6 is 15.9 Å². The van der Waals surface area contributed by atoms with Crippen molar-refractivity contribution in [1.29, 1.82) is 0 Å². The van der Waals surface area contributed by atoms with Crippen molar-refractivity contribution in [1.82, 2.24) is 5.32 Å². The van der Waals surface area contributed by atoms with Gasteiger partial charge in [0.2, 0.25) is 0 Å². The molecule has 1 N–H and O–H groups in total. The Balaban J connectivity index is 2.17. The van der Waals surface area contributed by atoms with Gasteiger partial charge in [0.05, 0.1) is 0 Å². The van der Waals surface area contributed by atoms with Crippen LogP contribution in [0.3, 0.4) is 0 Å². The molecule has 1 nitrogen and oxygen atoms in total. The van der Waals surface area contributed by atoms with Crippen LogP contribution in [0, 0.1) is 5.92 Å². The average molecular weight is 348 g/mol. The van der Waals surface area contributed by atoms with Crippen molar-refractivity contribution in [2.24, 2.45) is 5.92 Å². The topological polar surface area (TPSA) is 12.0 Å². The molecule has 21 heavy (non-hydrogen) atoms. The summed E-state index contributed by atoms with van der Waals surface area (Å²) in [5.74, 6) is 0.793. The number of hydrogen-bond donors (Lipinski definition) is 1. The van der Waals surface area contributed by atoms with E-state index in [9.17, 15) is 0 Å². The largest absolute Gasteiger partial charge is 0.310 e. The lowest BCUT2D eigenvalue weighted by molar-refractivity contribution is 0.455. The van der Waals surface area contributed by atoms with E-state index in [1.54, 1.807) is 0 Å². The summed E-state index contributed by atoms with van der Waals surface area (Å²) < 4.78 is 1.14. The fraction of sp³-hybridized carbons (Fsp3) is 0.474. The molecule has 0 radical (unpaired) electrons. The Kier molecular flexibility index (Phi) is 6.25. The lowest BCUT2D eigenvalue weighted by atomic mass is 9.96. The summed E-state index contributed by atoms with van der Waals surface area (Å²) in [6.45, 7) is 7.81. The summed E-state index contributed by atoms with van der Waals surface area (Å²) in [5.41, 5.74) is 1.41. The van der Waals surface area contributed by atoms with E-state index in [4.69, 9.17) is 0 Å². The van der Waals surface area contributed by atoms with Crippen LogP contribution in [-0.4, -0.2) is 6.54 Å². The minimum atomic E-state index is 0.474. The maximum absolute atomic E-state index is 3.64. The third kappa shape index (κ3) is 4.82. The molecular weight excluding hydrogens is 322 g/mol. The van der Waals surface area contributed by atoms with Crippen molar-refractivity contribution >= 4 is 26.7 Å². The highest BCUT2D eigenvalue weighted by atomic mass is 79.9. The van der Waals surface area contributed by atoms with Gasteiger partial charge in [-0.05, 0) is 53.4 Å². The third-order valence-corrected chi connectivity index (χ3v) is 4.45. The first-order chi connectivity index (χ1) is 10.1. The first-order valence-corrected chi connectivity index (χ1v) is 8.82. The number of nitrogens with one attached hydrogen (secondary N) is 1. The second kappa shape index (κ2) is 7.95. The van der Waals surface area contributed by atoms with Gasteiger partial charge in [-0.2, -0.15) is 0 Å². The van der Waals surface area contributed by atoms with Gasteiger partial charge in [-0.1, -0.05) is 67.7 Å². The van der Waals surface area contributed by atoms with Gasteiger partial charge in [0.15, 0.2) is 0 Å². The monoisotopic (exact) mass is 347 g/mol. The molecule has 0 aromatic heterocycles. The van der Waals surface area contributed by atoms with Crippen molar-refractivity contribution < 1.29 is 0 Å². The zero-order valence-electron chi connectivity index (χ0n) is 13.3. The van der Waals surface area contributed by atoms with E-state index in [0.29, 0.717) is 6.04 Å². The zero-order chi connectivity index (χ0) is 15.2. The molecule has 114 valence electrons. The fourth-order valence-electron chi connectivity index (χ4n) is 2.82. The molecule has 0 aliphatic carbocycles. The number of fused-ring (bicyclic) bond motifs is 1. The highest BCUT2D eigenvalue weighted by molar-refractivity contribution is 9.10. The van der Waals surface area contributed by atoms with E-state index in [1.807, 2.05) is 0 Å². The minimum Gasteiger partial charge on any atom is -0.310 e. The van der Waals surface area contributed by atoms with Crippen molar-refractivity contribution in [3.05, 3.63) is 46.4 Å². The summed E-state index contributed by atoms with van der Waals surface area (Å²) in [6.07, 6.45) is 3.81. The van der Waals surface area contributed by atoms with Crippen molar-refractivity contribution in [3.8, 4) is 0 Å². The first kappa shape index (κ1) is 16.5. The molecule has 0 heterocycles. The number of benzene rings is 2. The van der Waals surface area contributed by atoms with Crippen LogP contribution in [-0.2, 0) is 0 Å². The molecular formula is C19H26BrN. The summed E-state index contributed by atoms with van der Waals surface area (Å²) in [4.78, 5) is 0. The van der Waals surface area contributed by atoms with Crippen LogP contribution in [0.1, 0.15) is 51.6 Å². The predicted octanol–water partition coefficient (Wildman–Crippen LogP) is 6.08. The summed E-state index contributed by atoms with van der Waals surface area (Å²) in [7, 11) is 0. The standard InChI is InChI=1S/C19H26BrN/c1-4-21-19(7-5-6-14(2)3)17-9-8-16-13-18(20)11-10-15(16)12-17/h8-14,19,21H,4-7H2,1-3H3. The van der Waals surface area contributed by atoms with Gasteiger partial charge in [0, 0.05) is 10.5 Å². The van der Waals surface area contributed by atoms with Crippen molar-refractivity contribution in [2.75, 3.05) is 6.54 Å². The Morgan fingerprint density at radius 2 is 1.71 bits per heavy atom. The summed E-state index contributed by atoms with van der Waals surface area (Å²) in [6, 6.07) is 13.8. The Bertz CT molecular complexity index is 577. The molecule has 2 heteroatoms. The Hall–Kier alpha value is -0.860. The van der Waals surface area contributed by atoms with Crippen LogP contribution in [0.5, 0.6) is 0 Å². The molecule has 0 bridgehead atoms. The van der Waals surface area contributed by atoms with Crippen LogP contribution < -0.4 is 5.32 Å². The SMILES string of the molecule is CCNC(CCCC(C)C)c1ccc2cc(Br)ccc2c1. The second-order valence-electron chi connectivity index (χ2n) is 6.19. The summed E-state index contributed by atoms with van der Waals surface area (Å²) in [5, 5.41) is 6.26. The molecule has 2 aromatic carbocycles. The normalized spacial score (nSPS) is 13.0. The highest BCUT2D eigenvalue weighted by Crippen LogP contribution is 2.26. The average Bonchev–Trinajstić information content (AvgIpc) is 2.45. The van der Waals surface area contributed by atoms with Crippen LogP contribution in [0.2, 0.25) is 0 Å². The quantitative estimate of drug-likeness (QED) is 0.639. The van der Waals surface area contributed by atoms with Crippen LogP contribution in [0.25, 0.3) is 10.8 Å². The molecule has 1 atom stereocenters. The molecule has 1 unspecified atom stereocenters. The van der Waals surface area contributed by atoms with Gasteiger partial charge in [-0.3, -0.25) is 0 Å². The maximum Gasteiger partial charge on any atom is 0.0320 e. The van der Waals surface area contributed by atoms with Gasteiger partial charge < -0.3 is 5.32 Å². The van der Waals surface area contributed by atoms with E-state index in [0.717, 1.165) is 16.9 Å². The van der Waals surface area contributed by atoms with Crippen LogP contribution in [0.15, 0.2) is 40.9 Å². The predicted molar refractivity (Wildman–Crippen MR) is 96.8 cm³/mol. The van der Waals surface area contributed by atoms with Crippen LogP contribution in [0.4, 0.5) is 0 Å². The molecule has 2 rings (SSSR count). The second-order valence-corrected chi connectivity index (χ2v) is 7.10. The Labute approximate surface area is 137 Å². The Morgan fingerprint density at radius 3 is 2.43 bits per heavy atom. The van der Waals surface area contributed by atoms with E-state index in [2.05, 4.69) is 78.4 Å². The zero-order valence-corrected chi connectivity index (χ0v) is 14.9. The molecule has 0 aliphatic rings. The van der Waals surface area contributed by atoms with Crippen molar-refractivity contribution in [2.45, 2.75) is 46.1 Å². The Morgan fingerprint density at radius 1 is 1.00 bits per heavy atom. The lowest BCUT2D eigenvalue weighted by Crippen LogP contribution is -2.21. The van der Waals surface area contributed by atoms with Gasteiger partial charge >= 0.3 is 0 Å². The number of halogens is 1. The van der Waals surface area contributed by atoms with Gasteiger partial charge in [-0.25, -0.2) is 0 Å². The maximum atomic E-state index is 3.64. The van der Waals surface area contributed by atoms with E-state index in [-0.39, 0.29) is 0 Å². The molecule has 0 saturated carbocycles. The molecule has 0 fully saturated rings. The number of hydrogen-bond acceptors (Lipinski definition) is 1. The fourth-order valence-corrected chi connectivity index (χ4v) is 3.19. The number of rotatable bonds is 7.